The van der Waals surface area contributed by atoms with Crippen LogP contribution in [-0.4, -0.2) is 25.8 Å². The van der Waals surface area contributed by atoms with Gasteiger partial charge in [0.2, 0.25) is 6.71 Å². The fourth-order valence-corrected chi connectivity index (χ4v) is 9.47. The van der Waals surface area contributed by atoms with Crippen LogP contribution in [-0.2, 0) is 18.0 Å². The number of hydrogen-bond donors (Lipinski definition) is 0. The molecule has 0 fully saturated rings. The van der Waals surface area contributed by atoms with Crippen molar-refractivity contribution in [3.8, 4) is 0 Å². The zero-order valence-corrected chi connectivity index (χ0v) is 30.8. The maximum absolute atomic E-state index is 4.46. The van der Waals surface area contributed by atoms with Crippen molar-refractivity contribution in [3.63, 3.8) is 0 Å². The van der Waals surface area contributed by atoms with Crippen LogP contribution in [0.5, 0.6) is 0 Å². The molecule has 7 rings (SSSR count). The molecule has 0 aliphatic carbocycles. The van der Waals surface area contributed by atoms with Gasteiger partial charge in [-0.2, -0.15) is 0 Å². The van der Waals surface area contributed by atoms with E-state index >= 15 is 0 Å². The molecule has 7 aromatic rings. The number of aryl methyl sites for hydroxylation is 2. The second-order valence-electron chi connectivity index (χ2n) is 13.1. The van der Waals surface area contributed by atoms with E-state index in [1.54, 1.807) is 0 Å². The highest BCUT2D eigenvalue weighted by Gasteiger charge is 2.36. The monoisotopic (exact) mass is 666 g/mol. The fraction of sp³-hybridized carbons (Fsp3) is 0.152. The Labute approximate surface area is 301 Å². The minimum Gasteiger partial charge on any atom is -0.326 e. The SMILES string of the molecule is CCCc1ccc(C([SiH2]c2ccccc2)(c2ccc(CCC)cc2)n2ccnc2)cc1.c1ccc(B(c2ccccc2)c2ccccc2)cc1. The summed E-state index contributed by atoms with van der Waals surface area (Å²) in [7, 11) is -0.794. The van der Waals surface area contributed by atoms with E-state index < -0.39 is 9.52 Å². The summed E-state index contributed by atoms with van der Waals surface area (Å²) in [6, 6.07) is 61.7. The number of aromatic nitrogens is 2. The van der Waals surface area contributed by atoms with Crippen LogP contribution in [0.1, 0.15) is 48.9 Å². The third kappa shape index (κ3) is 8.33. The third-order valence-electron chi connectivity index (χ3n) is 9.59. The Morgan fingerprint density at radius 3 is 1.28 bits per heavy atom. The number of rotatable bonds is 12. The van der Waals surface area contributed by atoms with Gasteiger partial charge >= 0.3 is 0 Å². The van der Waals surface area contributed by atoms with E-state index in [2.05, 4.69) is 199 Å². The summed E-state index contributed by atoms with van der Waals surface area (Å²) >= 11 is 0. The van der Waals surface area contributed by atoms with Gasteiger partial charge in [0.15, 0.2) is 0 Å². The van der Waals surface area contributed by atoms with Crippen LogP contribution in [0.3, 0.4) is 0 Å². The smallest absolute Gasteiger partial charge is 0.241 e. The normalized spacial score (nSPS) is 11.2. The van der Waals surface area contributed by atoms with E-state index in [9.17, 15) is 0 Å². The molecule has 0 unspecified atom stereocenters. The predicted molar refractivity (Wildman–Crippen MR) is 218 cm³/mol. The zero-order valence-electron chi connectivity index (χ0n) is 29.4. The van der Waals surface area contributed by atoms with Gasteiger partial charge in [0.05, 0.1) is 21.0 Å². The molecular formula is C46H47BN2Si. The Kier molecular flexibility index (Phi) is 12.1. The first-order chi connectivity index (χ1) is 24.7. The molecule has 0 aliphatic rings. The van der Waals surface area contributed by atoms with Crippen LogP contribution in [0.15, 0.2) is 189 Å². The average molecular weight is 667 g/mol. The van der Waals surface area contributed by atoms with Gasteiger partial charge in [0.1, 0.15) is 0 Å². The van der Waals surface area contributed by atoms with Gasteiger partial charge in [-0.15, -0.1) is 0 Å². The van der Waals surface area contributed by atoms with E-state index in [1.165, 1.54) is 56.7 Å². The van der Waals surface area contributed by atoms with Crippen LogP contribution in [0.25, 0.3) is 0 Å². The Morgan fingerprint density at radius 1 is 0.520 bits per heavy atom. The zero-order chi connectivity index (χ0) is 34.4. The van der Waals surface area contributed by atoms with Crippen LogP contribution >= 0.6 is 0 Å². The van der Waals surface area contributed by atoms with Crippen molar-refractivity contribution < 1.29 is 0 Å². The first-order valence-electron chi connectivity index (χ1n) is 18.1. The van der Waals surface area contributed by atoms with Crippen molar-refractivity contribution in [1.29, 1.82) is 0 Å². The topological polar surface area (TPSA) is 17.8 Å². The van der Waals surface area contributed by atoms with Crippen molar-refractivity contribution in [2.75, 3.05) is 0 Å². The maximum atomic E-state index is 4.46. The highest BCUT2D eigenvalue weighted by Crippen LogP contribution is 2.34. The summed E-state index contributed by atoms with van der Waals surface area (Å²) < 4.78 is 2.34. The Morgan fingerprint density at radius 2 is 0.920 bits per heavy atom. The van der Waals surface area contributed by atoms with E-state index in [0.29, 0.717) is 6.71 Å². The molecular weight excluding hydrogens is 619 g/mol. The highest BCUT2D eigenvalue weighted by molar-refractivity contribution is 6.95. The summed E-state index contributed by atoms with van der Waals surface area (Å²) in [5.74, 6) is 0. The predicted octanol–water partition coefficient (Wildman–Crippen LogP) is 7.23. The summed E-state index contributed by atoms with van der Waals surface area (Å²) in [6.45, 7) is 4.79. The van der Waals surface area contributed by atoms with Crippen molar-refractivity contribution in [2.45, 2.75) is 44.7 Å². The summed E-state index contributed by atoms with van der Waals surface area (Å²) in [4.78, 5) is 4.46. The molecule has 1 aromatic heterocycles. The minimum absolute atomic E-state index is 0.215. The second-order valence-corrected chi connectivity index (χ2v) is 15.2. The summed E-state index contributed by atoms with van der Waals surface area (Å²) in [5, 5.41) is 1.24. The van der Waals surface area contributed by atoms with Gasteiger partial charge in [0, 0.05) is 12.4 Å². The van der Waals surface area contributed by atoms with Gasteiger partial charge in [-0.1, -0.05) is 218 Å². The number of imidazole rings is 1. The molecule has 4 heteroatoms. The molecule has 0 saturated carbocycles. The van der Waals surface area contributed by atoms with Crippen LogP contribution in [0.2, 0.25) is 0 Å². The molecule has 0 radical (unpaired) electrons. The molecule has 0 saturated heterocycles. The van der Waals surface area contributed by atoms with Gasteiger partial charge in [-0.05, 0) is 35.1 Å². The lowest BCUT2D eigenvalue weighted by Crippen LogP contribution is -2.51. The standard InChI is InChI=1S/C28H32N2Si.C18H15B/c1-3-8-23-12-16-25(17-13-23)28(30-21-20-29-22-30,31-27-10-6-5-7-11-27)26-18-14-24(9-4-2)15-19-26;1-4-10-16(11-5-1)19(17-12-6-2-7-13-17)18-14-8-3-9-15-18/h5-7,10-22H,3-4,8-9,31H2,1-2H3;1-15H. The number of benzene rings is 6. The molecule has 0 bridgehead atoms. The van der Waals surface area contributed by atoms with E-state index in [4.69, 9.17) is 0 Å². The minimum atomic E-state index is -0.794. The van der Waals surface area contributed by atoms with E-state index in [-0.39, 0.29) is 5.16 Å². The number of nitrogens with zero attached hydrogens (tertiary/aromatic N) is 2. The van der Waals surface area contributed by atoms with Gasteiger partial charge in [-0.25, -0.2) is 4.98 Å². The second kappa shape index (κ2) is 17.5. The maximum Gasteiger partial charge on any atom is 0.241 e. The number of hydrogen-bond acceptors (Lipinski definition) is 1. The van der Waals surface area contributed by atoms with Crippen molar-refractivity contribution in [2.24, 2.45) is 0 Å². The molecule has 0 aliphatic heterocycles. The molecule has 0 N–H and O–H groups in total. The summed E-state index contributed by atoms with van der Waals surface area (Å²) in [6.07, 6.45) is 10.6. The van der Waals surface area contributed by atoms with E-state index in [0.717, 1.165) is 12.8 Å². The van der Waals surface area contributed by atoms with Crippen molar-refractivity contribution >= 4 is 37.8 Å². The molecule has 0 amide bonds. The highest BCUT2D eigenvalue weighted by atomic mass is 28.2. The lowest BCUT2D eigenvalue weighted by Gasteiger charge is -2.37. The van der Waals surface area contributed by atoms with Gasteiger partial charge in [-0.3, -0.25) is 0 Å². The van der Waals surface area contributed by atoms with Crippen LogP contribution in [0.4, 0.5) is 0 Å². The first-order valence-corrected chi connectivity index (χ1v) is 19.5. The Hall–Kier alpha value is -5.19. The van der Waals surface area contributed by atoms with Crippen LogP contribution < -0.4 is 21.6 Å². The molecule has 6 aromatic carbocycles. The molecule has 0 spiro atoms. The average Bonchev–Trinajstić information content (AvgIpc) is 3.73. The molecule has 1 heterocycles. The fourth-order valence-electron chi connectivity index (χ4n) is 7.12. The molecule has 50 heavy (non-hydrogen) atoms. The lowest BCUT2D eigenvalue weighted by atomic mass is 9.37. The van der Waals surface area contributed by atoms with Gasteiger partial charge in [0.25, 0.3) is 0 Å². The molecule has 0 atom stereocenters. The molecule has 248 valence electrons. The Bertz CT molecular complexity index is 1820. The van der Waals surface area contributed by atoms with E-state index in [1.807, 2.05) is 12.5 Å². The molecule has 2 nitrogen and oxygen atoms in total. The van der Waals surface area contributed by atoms with Crippen molar-refractivity contribution in [3.05, 3.63) is 211 Å². The van der Waals surface area contributed by atoms with Crippen LogP contribution in [0, 0.1) is 0 Å². The Balaban J connectivity index is 0.000000194. The quantitative estimate of drug-likeness (QED) is 0.126. The van der Waals surface area contributed by atoms with Gasteiger partial charge < -0.3 is 4.57 Å². The third-order valence-corrected chi connectivity index (χ3v) is 12.2. The summed E-state index contributed by atoms with van der Waals surface area (Å²) in [5.41, 5.74) is 9.52. The first kappa shape index (κ1) is 34.7. The van der Waals surface area contributed by atoms with Crippen molar-refractivity contribution in [1.82, 2.24) is 9.55 Å². The lowest BCUT2D eigenvalue weighted by molar-refractivity contribution is 0.596. The largest absolute Gasteiger partial charge is 0.326 e.